The van der Waals surface area contributed by atoms with Crippen molar-refractivity contribution in [3.05, 3.63) is 32.5 Å². The van der Waals surface area contributed by atoms with Crippen LogP contribution >= 0.6 is 15.9 Å². The molecule has 18 heavy (non-hydrogen) atoms. The predicted molar refractivity (Wildman–Crippen MR) is 69.8 cm³/mol. The van der Waals surface area contributed by atoms with E-state index in [9.17, 15) is 14.5 Å². The molecule has 0 unspecified atom stereocenters. The van der Waals surface area contributed by atoms with Crippen molar-refractivity contribution < 1.29 is 9.31 Å². The number of hydrazine groups is 1. The standard InChI is InChI=1S/C11H13BrFN3O2/c12-8-6-10(11(16(17)18)7-9(8)13)14-15-4-2-1-3-5-15/h6-7,14H,1-5H2. The summed E-state index contributed by atoms with van der Waals surface area (Å²) in [6, 6.07) is 2.33. The second kappa shape index (κ2) is 5.62. The molecule has 1 aromatic carbocycles. The van der Waals surface area contributed by atoms with Crippen LogP contribution in [0.1, 0.15) is 19.3 Å². The Hall–Kier alpha value is -1.21. The van der Waals surface area contributed by atoms with E-state index in [1.54, 1.807) is 0 Å². The summed E-state index contributed by atoms with van der Waals surface area (Å²) in [4.78, 5) is 10.3. The van der Waals surface area contributed by atoms with Crippen LogP contribution in [0.4, 0.5) is 15.8 Å². The van der Waals surface area contributed by atoms with Crippen molar-refractivity contribution in [2.75, 3.05) is 18.5 Å². The van der Waals surface area contributed by atoms with Gasteiger partial charge in [-0.15, -0.1) is 0 Å². The quantitative estimate of drug-likeness (QED) is 0.686. The van der Waals surface area contributed by atoms with E-state index in [1.165, 1.54) is 12.5 Å². The molecule has 7 heteroatoms. The van der Waals surface area contributed by atoms with Crippen LogP contribution in [0.5, 0.6) is 0 Å². The van der Waals surface area contributed by atoms with E-state index in [1.807, 2.05) is 5.01 Å². The maximum absolute atomic E-state index is 13.3. The fourth-order valence-corrected chi connectivity index (χ4v) is 2.30. The van der Waals surface area contributed by atoms with E-state index in [0.717, 1.165) is 32.0 Å². The second-order valence-electron chi connectivity index (χ2n) is 4.20. The molecule has 1 aliphatic rings. The summed E-state index contributed by atoms with van der Waals surface area (Å²) in [6.07, 6.45) is 3.29. The molecule has 98 valence electrons. The van der Waals surface area contributed by atoms with Crippen LogP contribution in [0.25, 0.3) is 0 Å². The molecule has 0 amide bonds. The van der Waals surface area contributed by atoms with E-state index in [0.29, 0.717) is 5.69 Å². The van der Waals surface area contributed by atoms with E-state index < -0.39 is 10.7 Å². The van der Waals surface area contributed by atoms with Crippen molar-refractivity contribution >= 4 is 27.3 Å². The average Bonchev–Trinajstić information content (AvgIpc) is 2.34. The normalized spacial score (nSPS) is 16.6. The molecule has 1 N–H and O–H groups in total. The molecule has 1 fully saturated rings. The molecule has 1 heterocycles. The number of anilines is 1. The number of hydrogen-bond acceptors (Lipinski definition) is 4. The van der Waals surface area contributed by atoms with Crippen molar-refractivity contribution in [3.8, 4) is 0 Å². The first-order valence-corrected chi connectivity index (χ1v) is 6.52. The molecule has 0 radical (unpaired) electrons. The molecule has 0 aromatic heterocycles. The van der Waals surface area contributed by atoms with Crippen molar-refractivity contribution in [3.63, 3.8) is 0 Å². The summed E-state index contributed by atoms with van der Waals surface area (Å²) in [7, 11) is 0. The van der Waals surface area contributed by atoms with Crippen molar-refractivity contribution in [1.82, 2.24) is 5.01 Å². The molecule has 2 rings (SSSR count). The first kappa shape index (κ1) is 13.2. The lowest BCUT2D eigenvalue weighted by atomic mass is 10.2. The Balaban J connectivity index is 2.24. The van der Waals surface area contributed by atoms with E-state index in [-0.39, 0.29) is 10.2 Å². The number of nitrogens with zero attached hydrogens (tertiary/aromatic N) is 2. The van der Waals surface area contributed by atoms with Gasteiger partial charge in [0.15, 0.2) is 0 Å². The number of nitro groups is 1. The van der Waals surface area contributed by atoms with E-state index >= 15 is 0 Å². The molecule has 1 aromatic rings. The second-order valence-corrected chi connectivity index (χ2v) is 5.05. The summed E-state index contributed by atoms with van der Waals surface area (Å²) in [5, 5.41) is 12.8. The van der Waals surface area contributed by atoms with Gasteiger partial charge in [-0.1, -0.05) is 6.42 Å². The predicted octanol–water partition coefficient (Wildman–Crippen LogP) is 3.31. The minimum absolute atomic E-state index is 0.215. The van der Waals surface area contributed by atoms with E-state index in [4.69, 9.17) is 0 Å². The Morgan fingerprint density at radius 1 is 1.33 bits per heavy atom. The van der Waals surface area contributed by atoms with E-state index in [2.05, 4.69) is 21.4 Å². The lowest BCUT2D eigenvalue weighted by Crippen LogP contribution is -2.35. The van der Waals surface area contributed by atoms with Gasteiger partial charge in [-0.2, -0.15) is 0 Å². The van der Waals surface area contributed by atoms with Crippen LogP contribution < -0.4 is 5.43 Å². The van der Waals surface area contributed by atoms with Crippen LogP contribution in [0.3, 0.4) is 0 Å². The highest BCUT2D eigenvalue weighted by Crippen LogP contribution is 2.31. The summed E-state index contributed by atoms with van der Waals surface area (Å²) < 4.78 is 13.5. The molecule has 0 bridgehead atoms. The SMILES string of the molecule is O=[N+]([O-])c1cc(F)c(Br)cc1NN1CCCCC1. The average molecular weight is 318 g/mol. The van der Waals surface area contributed by atoms with Gasteiger partial charge in [0.25, 0.3) is 5.69 Å². The summed E-state index contributed by atoms with van der Waals surface area (Å²) >= 11 is 3.04. The summed E-state index contributed by atoms with van der Waals surface area (Å²) in [6.45, 7) is 1.68. The molecule has 1 saturated heterocycles. The first-order chi connectivity index (χ1) is 8.58. The van der Waals surface area contributed by atoms with Crippen LogP contribution in [0.15, 0.2) is 16.6 Å². The highest BCUT2D eigenvalue weighted by atomic mass is 79.9. The maximum atomic E-state index is 13.3. The van der Waals surface area contributed by atoms with Gasteiger partial charge in [-0.05, 0) is 34.8 Å². The summed E-state index contributed by atoms with van der Waals surface area (Å²) in [5.41, 5.74) is 3.06. The Morgan fingerprint density at radius 3 is 2.61 bits per heavy atom. The van der Waals surface area contributed by atoms with Gasteiger partial charge >= 0.3 is 0 Å². The Kier molecular flexibility index (Phi) is 4.13. The monoisotopic (exact) mass is 317 g/mol. The zero-order valence-electron chi connectivity index (χ0n) is 9.66. The Morgan fingerprint density at radius 2 is 2.00 bits per heavy atom. The van der Waals surface area contributed by atoms with Gasteiger partial charge in [-0.25, -0.2) is 9.40 Å². The maximum Gasteiger partial charge on any atom is 0.296 e. The van der Waals surface area contributed by atoms with Gasteiger partial charge < -0.3 is 5.43 Å². The zero-order valence-corrected chi connectivity index (χ0v) is 11.2. The van der Waals surface area contributed by atoms with Crippen LogP contribution in [0.2, 0.25) is 0 Å². The van der Waals surface area contributed by atoms with Gasteiger partial charge in [0.2, 0.25) is 0 Å². The van der Waals surface area contributed by atoms with Crippen LogP contribution in [0, 0.1) is 15.9 Å². The molecule has 0 spiro atoms. The third-order valence-corrected chi connectivity index (χ3v) is 3.48. The minimum atomic E-state index is -0.633. The number of halogens is 2. The molecule has 0 atom stereocenters. The smallest absolute Gasteiger partial charge is 0.296 e. The number of benzene rings is 1. The molecule has 0 aliphatic carbocycles. The lowest BCUT2D eigenvalue weighted by Gasteiger charge is -2.27. The van der Waals surface area contributed by atoms with Crippen molar-refractivity contribution in [1.29, 1.82) is 0 Å². The van der Waals surface area contributed by atoms with Crippen LogP contribution in [-0.4, -0.2) is 23.0 Å². The number of piperidine rings is 1. The summed E-state index contributed by atoms with van der Waals surface area (Å²) in [5.74, 6) is -0.633. The minimum Gasteiger partial charge on any atom is -0.313 e. The Labute approximate surface area is 112 Å². The highest BCUT2D eigenvalue weighted by Gasteiger charge is 2.20. The lowest BCUT2D eigenvalue weighted by molar-refractivity contribution is -0.384. The molecule has 0 saturated carbocycles. The third kappa shape index (κ3) is 2.97. The van der Waals surface area contributed by atoms with Crippen molar-refractivity contribution in [2.45, 2.75) is 19.3 Å². The molecular formula is C11H13BrFN3O2. The Bertz CT molecular complexity index is 464. The number of nitrogens with one attached hydrogen (secondary N) is 1. The number of hydrogen-bond donors (Lipinski definition) is 1. The first-order valence-electron chi connectivity index (χ1n) is 5.73. The van der Waals surface area contributed by atoms with Gasteiger partial charge in [0.05, 0.1) is 15.5 Å². The molecule has 1 aliphatic heterocycles. The highest BCUT2D eigenvalue weighted by molar-refractivity contribution is 9.10. The molecule has 5 nitrogen and oxygen atoms in total. The van der Waals surface area contributed by atoms with Gasteiger partial charge in [-0.3, -0.25) is 10.1 Å². The van der Waals surface area contributed by atoms with Gasteiger partial charge in [0.1, 0.15) is 11.5 Å². The number of nitro benzene ring substituents is 1. The largest absolute Gasteiger partial charge is 0.313 e. The topological polar surface area (TPSA) is 58.4 Å². The fraction of sp³-hybridized carbons (Fsp3) is 0.455. The third-order valence-electron chi connectivity index (χ3n) is 2.87. The van der Waals surface area contributed by atoms with Crippen molar-refractivity contribution in [2.24, 2.45) is 0 Å². The van der Waals surface area contributed by atoms with Gasteiger partial charge in [0, 0.05) is 13.1 Å². The zero-order chi connectivity index (χ0) is 13.1. The fourth-order valence-electron chi connectivity index (χ4n) is 1.95. The van der Waals surface area contributed by atoms with Crippen LogP contribution in [-0.2, 0) is 0 Å². The molecular weight excluding hydrogens is 305 g/mol. The number of rotatable bonds is 3.